The van der Waals surface area contributed by atoms with Crippen LogP contribution in [0.5, 0.6) is 0 Å². The molecule has 0 amide bonds. The van der Waals surface area contributed by atoms with E-state index in [4.69, 9.17) is 0 Å². The van der Waals surface area contributed by atoms with Gasteiger partial charge in [-0.3, -0.25) is 10.0 Å². The molecular formula is C6H14N4. The van der Waals surface area contributed by atoms with Gasteiger partial charge in [0.05, 0.1) is 0 Å². The molecule has 0 radical (unpaired) electrons. The summed E-state index contributed by atoms with van der Waals surface area (Å²) in [5.41, 5.74) is 0. The van der Waals surface area contributed by atoms with Crippen LogP contribution in [0.25, 0.3) is 0 Å². The molecule has 10 heavy (non-hydrogen) atoms. The minimum absolute atomic E-state index is 0.380. The first-order valence-corrected chi connectivity index (χ1v) is 3.63. The molecule has 4 nitrogen and oxygen atoms in total. The molecule has 0 aromatic rings. The molecule has 58 valence electrons. The molecule has 0 saturated heterocycles. The first kappa shape index (κ1) is 7.31. The molecule has 0 aromatic carbocycles. The zero-order chi connectivity index (χ0) is 7.56. The van der Waals surface area contributed by atoms with Gasteiger partial charge >= 0.3 is 0 Å². The maximum Gasteiger partial charge on any atom is 0.137 e. The lowest BCUT2D eigenvalue weighted by Gasteiger charge is -2.21. The third-order valence-corrected chi connectivity index (χ3v) is 1.73. The topological polar surface area (TPSA) is 31.2 Å². The van der Waals surface area contributed by atoms with Gasteiger partial charge in [-0.1, -0.05) is 23.8 Å². The third-order valence-electron chi connectivity index (χ3n) is 1.73. The summed E-state index contributed by atoms with van der Waals surface area (Å²) in [7, 11) is 3.90. The van der Waals surface area contributed by atoms with Gasteiger partial charge in [0.25, 0.3) is 0 Å². The van der Waals surface area contributed by atoms with E-state index in [-0.39, 0.29) is 0 Å². The van der Waals surface area contributed by atoms with Crippen LogP contribution in [-0.2, 0) is 0 Å². The molecule has 1 aliphatic heterocycles. The van der Waals surface area contributed by atoms with Gasteiger partial charge in [0.2, 0.25) is 0 Å². The molecule has 0 aromatic heterocycles. The smallest absolute Gasteiger partial charge is 0.137 e. The first-order valence-electron chi connectivity index (χ1n) is 3.63. The van der Waals surface area contributed by atoms with Crippen molar-refractivity contribution in [3.05, 3.63) is 0 Å². The molecule has 1 aliphatic rings. The fraction of sp³-hybridized carbons (Fsp3) is 1.00. The Hall–Kier alpha value is -0.800. The highest BCUT2D eigenvalue weighted by Crippen LogP contribution is 2.15. The zero-order valence-electron chi connectivity index (χ0n) is 6.78. The van der Waals surface area contributed by atoms with Crippen molar-refractivity contribution in [3.63, 3.8) is 0 Å². The van der Waals surface area contributed by atoms with Gasteiger partial charge in [-0.25, -0.2) is 0 Å². The molecule has 0 unspecified atom stereocenters. The minimum atomic E-state index is 0.380. The van der Waals surface area contributed by atoms with Crippen molar-refractivity contribution in [2.45, 2.75) is 25.9 Å². The normalized spacial score (nSPS) is 19.1. The van der Waals surface area contributed by atoms with Gasteiger partial charge in [0.1, 0.15) is 6.17 Å². The monoisotopic (exact) mass is 142 g/mol. The molecule has 1 heterocycles. The summed E-state index contributed by atoms with van der Waals surface area (Å²) >= 11 is 0. The first-order chi connectivity index (χ1) is 4.75. The van der Waals surface area contributed by atoms with Crippen LogP contribution in [0.4, 0.5) is 0 Å². The van der Waals surface area contributed by atoms with Crippen molar-refractivity contribution in [2.75, 3.05) is 14.1 Å². The lowest BCUT2D eigenvalue weighted by Crippen LogP contribution is -2.33. The predicted molar refractivity (Wildman–Crippen MR) is 39.1 cm³/mol. The molecule has 0 spiro atoms. The zero-order valence-corrected chi connectivity index (χ0v) is 6.78. The maximum absolute atomic E-state index is 3.90. The van der Waals surface area contributed by atoms with Crippen LogP contribution in [0.3, 0.4) is 0 Å². The quantitative estimate of drug-likeness (QED) is 0.581. The average molecular weight is 142 g/mol. The Morgan fingerprint density at radius 1 is 1.20 bits per heavy atom. The fourth-order valence-electron chi connectivity index (χ4n) is 1.12. The van der Waals surface area contributed by atoms with Crippen molar-refractivity contribution < 1.29 is 0 Å². The molecule has 0 N–H and O–H groups in total. The van der Waals surface area contributed by atoms with E-state index in [9.17, 15) is 0 Å². The summed E-state index contributed by atoms with van der Waals surface area (Å²) < 4.78 is 0. The minimum Gasteiger partial charge on any atom is -0.256 e. The molecule has 0 atom stereocenters. The van der Waals surface area contributed by atoms with Gasteiger partial charge < -0.3 is 0 Å². The Morgan fingerprint density at radius 3 is 2.10 bits per heavy atom. The van der Waals surface area contributed by atoms with Crippen LogP contribution in [0, 0.1) is 0 Å². The van der Waals surface area contributed by atoms with Crippen molar-refractivity contribution in [1.82, 2.24) is 10.0 Å². The van der Waals surface area contributed by atoms with Crippen LogP contribution in [0.2, 0.25) is 0 Å². The van der Waals surface area contributed by atoms with Crippen LogP contribution >= 0.6 is 0 Å². The lowest BCUT2D eigenvalue weighted by molar-refractivity contribution is 0.145. The van der Waals surface area contributed by atoms with Crippen molar-refractivity contribution in [2.24, 2.45) is 10.4 Å². The van der Waals surface area contributed by atoms with Crippen LogP contribution < -0.4 is 0 Å². The lowest BCUT2D eigenvalue weighted by atomic mass is 10.3. The summed E-state index contributed by atoms with van der Waals surface area (Å²) in [5.74, 6) is 0. The van der Waals surface area contributed by atoms with E-state index < -0.39 is 0 Å². The van der Waals surface area contributed by atoms with Crippen molar-refractivity contribution in [1.29, 1.82) is 0 Å². The van der Waals surface area contributed by atoms with Crippen molar-refractivity contribution in [3.8, 4) is 0 Å². The largest absolute Gasteiger partial charge is 0.256 e. The van der Waals surface area contributed by atoms with E-state index in [0.29, 0.717) is 6.17 Å². The summed E-state index contributed by atoms with van der Waals surface area (Å²) in [6.07, 6.45) is 2.68. The van der Waals surface area contributed by atoms with Gasteiger partial charge in [-0.05, 0) is 6.42 Å². The van der Waals surface area contributed by atoms with E-state index in [1.165, 1.54) is 6.42 Å². The number of hydrogen-bond donors (Lipinski definition) is 0. The fourth-order valence-corrected chi connectivity index (χ4v) is 1.12. The Kier molecular flexibility index (Phi) is 2.09. The Labute approximate surface area is 61.5 Å². The molecule has 1 rings (SSSR count). The predicted octanol–water partition coefficient (Wildman–Crippen LogP) is 1.27. The summed E-state index contributed by atoms with van der Waals surface area (Å²) in [6.45, 7) is 2.17. The van der Waals surface area contributed by atoms with Crippen LogP contribution in [-0.4, -0.2) is 30.3 Å². The molecule has 0 aliphatic carbocycles. The molecule has 4 heteroatoms. The van der Waals surface area contributed by atoms with Crippen molar-refractivity contribution >= 4 is 0 Å². The second kappa shape index (κ2) is 2.86. The average Bonchev–Trinajstić information content (AvgIpc) is 2.20. The van der Waals surface area contributed by atoms with E-state index in [0.717, 1.165) is 6.42 Å². The second-order valence-electron chi connectivity index (χ2n) is 2.60. The van der Waals surface area contributed by atoms with E-state index >= 15 is 0 Å². The molecule has 0 bridgehead atoms. The molecule has 0 saturated carbocycles. The maximum atomic E-state index is 3.90. The number of hydrogen-bond acceptors (Lipinski definition) is 4. The number of nitrogens with zero attached hydrogens (tertiary/aromatic N) is 4. The van der Waals surface area contributed by atoms with Crippen LogP contribution in [0.1, 0.15) is 19.8 Å². The summed E-state index contributed by atoms with van der Waals surface area (Å²) in [4.78, 5) is 0. The molecule has 0 fully saturated rings. The highest BCUT2D eigenvalue weighted by molar-refractivity contribution is 4.64. The van der Waals surface area contributed by atoms with Gasteiger partial charge in [-0.2, -0.15) is 0 Å². The Balaban J connectivity index is 2.43. The Morgan fingerprint density at radius 2 is 1.70 bits per heavy atom. The number of rotatable bonds is 2. The van der Waals surface area contributed by atoms with Gasteiger partial charge in [-0.15, -0.1) is 0 Å². The summed E-state index contributed by atoms with van der Waals surface area (Å²) in [5, 5.41) is 11.6. The van der Waals surface area contributed by atoms with E-state index in [1.807, 2.05) is 24.1 Å². The summed E-state index contributed by atoms with van der Waals surface area (Å²) in [6, 6.07) is 0. The highest BCUT2D eigenvalue weighted by atomic mass is 15.8. The van der Waals surface area contributed by atoms with Gasteiger partial charge in [0, 0.05) is 14.1 Å². The highest BCUT2D eigenvalue weighted by Gasteiger charge is 2.21. The molecular weight excluding hydrogens is 128 g/mol. The van der Waals surface area contributed by atoms with E-state index in [1.54, 1.807) is 0 Å². The Bertz CT molecular complexity index is 122. The van der Waals surface area contributed by atoms with E-state index in [2.05, 4.69) is 17.4 Å². The van der Waals surface area contributed by atoms with Crippen LogP contribution in [0.15, 0.2) is 10.4 Å². The van der Waals surface area contributed by atoms with Gasteiger partial charge in [0.15, 0.2) is 0 Å². The standard InChI is InChI=1S/C6H14N4/c1-4-5-6-9(2)7-8-10(6)3/h6H,4-5H2,1-3H3. The third kappa shape index (κ3) is 1.20. The second-order valence-corrected chi connectivity index (χ2v) is 2.60. The SMILES string of the molecule is CCCC1N(C)N=NN1C.